The largest absolute Gasteiger partial charge is 0.488 e. The molecule has 0 aliphatic rings. The van der Waals surface area contributed by atoms with Crippen molar-refractivity contribution in [2.45, 2.75) is 20.5 Å². The molecule has 0 spiro atoms. The molecule has 2 heteroatoms. The second-order valence-corrected chi connectivity index (χ2v) is 4.66. The average molecular weight is 265 g/mol. The summed E-state index contributed by atoms with van der Waals surface area (Å²) in [4.78, 5) is 0. The Bertz CT molecular complexity index is 630. The fourth-order valence-electron chi connectivity index (χ4n) is 2.07. The molecule has 0 atom stereocenters. The maximum atomic E-state index is 5.94. The van der Waals surface area contributed by atoms with E-state index in [9.17, 15) is 0 Å². The van der Waals surface area contributed by atoms with Gasteiger partial charge in [0.25, 0.3) is 0 Å². The van der Waals surface area contributed by atoms with Crippen molar-refractivity contribution in [2.75, 3.05) is 6.54 Å². The van der Waals surface area contributed by atoms with Gasteiger partial charge in [-0.1, -0.05) is 42.2 Å². The first-order valence-electron chi connectivity index (χ1n) is 6.68. The van der Waals surface area contributed by atoms with Crippen LogP contribution in [0.3, 0.4) is 0 Å². The zero-order valence-corrected chi connectivity index (χ0v) is 11.9. The predicted octanol–water partition coefficient (Wildman–Crippen LogP) is 3.19. The van der Waals surface area contributed by atoms with Crippen molar-refractivity contribution in [2.24, 2.45) is 5.73 Å². The van der Waals surface area contributed by atoms with E-state index >= 15 is 0 Å². The van der Waals surface area contributed by atoms with Crippen LogP contribution in [0.25, 0.3) is 0 Å². The third kappa shape index (κ3) is 3.40. The molecule has 0 aliphatic heterocycles. The second-order valence-electron chi connectivity index (χ2n) is 4.66. The zero-order valence-electron chi connectivity index (χ0n) is 11.9. The van der Waals surface area contributed by atoms with Crippen LogP contribution >= 0.6 is 0 Å². The first-order valence-corrected chi connectivity index (χ1v) is 6.68. The van der Waals surface area contributed by atoms with Gasteiger partial charge in [0.15, 0.2) is 0 Å². The van der Waals surface area contributed by atoms with Gasteiger partial charge >= 0.3 is 0 Å². The third-order valence-corrected chi connectivity index (χ3v) is 3.23. The van der Waals surface area contributed by atoms with Crippen molar-refractivity contribution in [1.82, 2.24) is 0 Å². The van der Waals surface area contributed by atoms with Gasteiger partial charge in [-0.25, -0.2) is 0 Å². The number of para-hydroxylation sites is 1. The lowest BCUT2D eigenvalue weighted by atomic mass is 10.0. The molecule has 2 aromatic carbocycles. The minimum atomic E-state index is 0.352. The normalized spacial score (nSPS) is 9.75. The Labute approximate surface area is 120 Å². The maximum Gasteiger partial charge on any atom is 0.135 e. The molecule has 0 aliphatic carbocycles. The molecule has 0 saturated carbocycles. The highest BCUT2D eigenvalue weighted by atomic mass is 16.5. The summed E-state index contributed by atoms with van der Waals surface area (Å²) in [5, 5.41) is 0. The Morgan fingerprint density at radius 1 is 1.00 bits per heavy atom. The van der Waals surface area contributed by atoms with Crippen LogP contribution in [-0.2, 0) is 6.61 Å². The van der Waals surface area contributed by atoms with E-state index in [1.807, 2.05) is 24.3 Å². The van der Waals surface area contributed by atoms with Crippen molar-refractivity contribution in [3.8, 4) is 17.6 Å². The summed E-state index contributed by atoms with van der Waals surface area (Å²) in [5.74, 6) is 6.70. The van der Waals surface area contributed by atoms with Gasteiger partial charge in [0.1, 0.15) is 12.4 Å². The summed E-state index contributed by atoms with van der Waals surface area (Å²) >= 11 is 0. The molecule has 0 radical (unpaired) electrons. The first-order chi connectivity index (χ1) is 9.72. The minimum Gasteiger partial charge on any atom is -0.488 e. The standard InChI is InChI=1S/C18H19NO/c1-14-7-5-8-15(2)17(14)13-20-18-11-4-3-9-16(18)10-6-12-19/h3-5,7-9,11H,12-13,19H2,1-2H3. The Hall–Kier alpha value is -2.24. The molecule has 20 heavy (non-hydrogen) atoms. The molecule has 0 amide bonds. The maximum absolute atomic E-state index is 5.94. The van der Waals surface area contributed by atoms with E-state index in [1.54, 1.807) is 0 Å². The Kier molecular flexibility index (Phi) is 4.81. The number of benzene rings is 2. The SMILES string of the molecule is Cc1cccc(C)c1COc1ccccc1C#CCN. The quantitative estimate of drug-likeness (QED) is 0.865. The van der Waals surface area contributed by atoms with Crippen LogP contribution < -0.4 is 10.5 Å². The highest BCUT2D eigenvalue weighted by Gasteiger charge is 2.05. The van der Waals surface area contributed by atoms with E-state index in [2.05, 4.69) is 43.9 Å². The summed E-state index contributed by atoms with van der Waals surface area (Å²) < 4.78 is 5.94. The smallest absolute Gasteiger partial charge is 0.135 e. The molecular weight excluding hydrogens is 246 g/mol. The highest BCUT2D eigenvalue weighted by Crippen LogP contribution is 2.20. The lowest BCUT2D eigenvalue weighted by molar-refractivity contribution is 0.304. The first kappa shape index (κ1) is 14.2. The van der Waals surface area contributed by atoms with Crippen LogP contribution in [0.1, 0.15) is 22.3 Å². The van der Waals surface area contributed by atoms with E-state index in [0.717, 1.165) is 11.3 Å². The number of ether oxygens (including phenoxy) is 1. The van der Waals surface area contributed by atoms with E-state index < -0.39 is 0 Å². The molecular formula is C18H19NO. The molecule has 102 valence electrons. The van der Waals surface area contributed by atoms with Gasteiger partial charge in [0.2, 0.25) is 0 Å². The molecule has 2 nitrogen and oxygen atoms in total. The molecule has 0 saturated heterocycles. The van der Waals surface area contributed by atoms with Crippen LogP contribution in [0.5, 0.6) is 5.75 Å². The van der Waals surface area contributed by atoms with Crippen LogP contribution in [0.4, 0.5) is 0 Å². The molecule has 2 rings (SSSR count). The summed E-state index contributed by atoms with van der Waals surface area (Å²) in [6.45, 7) is 5.11. The third-order valence-electron chi connectivity index (χ3n) is 3.23. The van der Waals surface area contributed by atoms with E-state index in [4.69, 9.17) is 10.5 Å². The van der Waals surface area contributed by atoms with Gasteiger partial charge in [0.05, 0.1) is 12.1 Å². The summed E-state index contributed by atoms with van der Waals surface area (Å²) in [5.41, 5.74) is 10.0. The van der Waals surface area contributed by atoms with Crippen LogP contribution in [-0.4, -0.2) is 6.54 Å². The second kappa shape index (κ2) is 6.79. The fraction of sp³-hybridized carbons (Fsp3) is 0.222. The Morgan fingerprint density at radius 2 is 1.70 bits per heavy atom. The van der Waals surface area contributed by atoms with Gasteiger partial charge in [-0.15, -0.1) is 0 Å². The van der Waals surface area contributed by atoms with Crippen molar-refractivity contribution in [1.29, 1.82) is 0 Å². The summed E-state index contributed by atoms with van der Waals surface area (Å²) in [6.07, 6.45) is 0. The molecule has 2 N–H and O–H groups in total. The van der Waals surface area contributed by atoms with Crippen molar-refractivity contribution < 1.29 is 4.74 Å². The molecule has 2 aromatic rings. The number of hydrogen-bond donors (Lipinski definition) is 1. The van der Waals surface area contributed by atoms with Crippen LogP contribution in [0, 0.1) is 25.7 Å². The molecule has 0 unspecified atom stereocenters. The average Bonchev–Trinajstić information content (AvgIpc) is 2.45. The Balaban J connectivity index is 2.19. The molecule has 0 heterocycles. The lowest BCUT2D eigenvalue weighted by Gasteiger charge is -2.12. The van der Waals surface area contributed by atoms with Crippen molar-refractivity contribution in [3.63, 3.8) is 0 Å². The van der Waals surface area contributed by atoms with Gasteiger partial charge in [-0.05, 0) is 42.7 Å². The number of hydrogen-bond acceptors (Lipinski definition) is 2. The van der Waals surface area contributed by atoms with E-state index in [-0.39, 0.29) is 0 Å². The molecule has 0 aromatic heterocycles. The number of rotatable bonds is 3. The fourth-order valence-corrected chi connectivity index (χ4v) is 2.07. The number of nitrogens with two attached hydrogens (primary N) is 1. The van der Waals surface area contributed by atoms with Gasteiger partial charge in [0, 0.05) is 0 Å². The van der Waals surface area contributed by atoms with Crippen LogP contribution in [0.2, 0.25) is 0 Å². The molecule has 0 fully saturated rings. The summed E-state index contributed by atoms with van der Waals surface area (Å²) in [7, 11) is 0. The minimum absolute atomic E-state index is 0.352. The van der Waals surface area contributed by atoms with Gasteiger partial charge in [-0.2, -0.15) is 0 Å². The monoisotopic (exact) mass is 265 g/mol. The van der Waals surface area contributed by atoms with Crippen molar-refractivity contribution >= 4 is 0 Å². The predicted molar refractivity (Wildman–Crippen MR) is 82.6 cm³/mol. The number of aryl methyl sites for hydroxylation is 2. The molecule has 0 bridgehead atoms. The van der Waals surface area contributed by atoms with Gasteiger partial charge in [-0.3, -0.25) is 0 Å². The lowest BCUT2D eigenvalue weighted by Crippen LogP contribution is -2.01. The topological polar surface area (TPSA) is 35.2 Å². The highest BCUT2D eigenvalue weighted by molar-refractivity contribution is 5.46. The van der Waals surface area contributed by atoms with Crippen LogP contribution in [0.15, 0.2) is 42.5 Å². The Morgan fingerprint density at radius 3 is 2.40 bits per heavy atom. The van der Waals surface area contributed by atoms with Gasteiger partial charge < -0.3 is 10.5 Å². The summed E-state index contributed by atoms with van der Waals surface area (Å²) in [6, 6.07) is 14.1. The zero-order chi connectivity index (χ0) is 14.4. The van der Waals surface area contributed by atoms with E-state index in [0.29, 0.717) is 13.2 Å². The van der Waals surface area contributed by atoms with Crippen molar-refractivity contribution in [3.05, 3.63) is 64.7 Å². The van der Waals surface area contributed by atoms with E-state index in [1.165, 1.54) is 16.7 Å².